The molecule has 5 aromatic rings. The Bertz CT molecular complexity index is 1520. The monoisotopic (exact) mass is 465 g/mol. The number of aromatic nitrogens is 8. The molecule has 0 saturated heterocycles. The Morgan fingerprint density at radius 1 is 1.29 bits per heavy atom. The van der Waals surface area contributed by atoms with Gasteiger partial charge in [-0.2, -0.15) is 5.10 Å². The van der Waals surface area contributed by atoms with Gasteiger partial charge in [0.2, 0.25) is 0 Å². The van der Waals surface area contributed by atoms with Crippen molar-refractivity contribution in [3.8, 4) is 11.6 Å². The largest absolute Gasteiger partial charge is 0.411 e. The molecule has 1 aliphatic heterocycles. The zero-order valence-electron chi connectivity index (χ0n) is 17.8. The van der Waals surface area contributed by atoms with Crippen LogP contribution in [-0.4, -0.2) is 56.7 Å². The Hall–Kier alpha value is -4.42. The summed E-state index contributed by atoms with van der Waals surface area (Å²) in [5.41, 5.74) is 2.40. The fourth-order valence-corrected chi connectivity index (χ4v) is 4.23. The molecule has 1 unspecified atom stereocenters. The summed E-state index contributed by atoms with van der Waals surface area (Å²) in [6.45, 7) is 0.315. The second-order valence-electron chi connectivity index (χ2n) is 7.92. The van der Waals surface area contributed by atoms with Crippen molar-refractivity contribution in [3.05, 3.63) is 71.8 Å². The summed E-state index contributed by atoms with van der Waals surface area (Å²) in [6, 6.07) is 3.70. The molecule has 0 aromatic carbocycles. The predicted molar refractivity (Wildman–Crippen MR) is 112 cm³/mol. The van der Waals surface area contributed by atoms with Gasteiger partial charge in [-0.25, -0.2) is 23.3 Å². The molecule has 13 heteroatoms. The van der Waals surface area contributed by atoms with Crippen LogP contribution >= 0.6 is 0 Å². The molecule has 5 aromatic heterocycles. The van der Waals surface area contributed by atoms with Gasteiger partial charge in [-0.05, 0) is 18.2 Å². The van der Waals surface area contributed by atoms with Crippen LogP contribution in [0.3, 0.4) is 0 Å². The minimum atomic E-state index is -2.67. The van der Waals surface area contributed by atoms with E-state index in [2.05, 4.69) is 30.2 Å². The second kappa shape index (κ2) is 7.57. The van der Waals surface area contributed by atoms with Gasteiger partial charge >= 0.3 is 11.8 Å². The lowest BCUT2D eigenvalue weighted by Gasteiger charge is -2.32. The molecule has 0 fully saturated rings. The summed E-state index contributed by atoms with van der Waals surface area (Å²) in [4.78, 5) is 26.6. The number of H-pyrrole nitrogens is 1. The number of pyridine rings is 1. The van der Waals surface area contributed by atoms with E-state index in [-0.39, 0.29) is 22.9 Å². The number of alkyl halides is 2. The van der Waals surface area contributed by atoms with Gasteiger partial charge in [0.1, 0.15) is 11.7 Å². The minimum absolute atomic E-state index is 0.118. The van der Waals surface area contributed by atoms with E-state index in [1.165, 1.54) is 27.9 Å². The summed E-state index contributed by atoms with van der Waals surface area (Å²) in [5, 5.41) is 12.4. The van der Waals surface area contributed by atoms with Gasteiger partial charge in [-0.3, -0.25) is 4.79 Å². The van der Waals surface area contributed by atoms with Crippen molar-refractivity contribution in [3.63, 3.8) is 0 Å². The standard InChI is InChI=1S/C21H17F2N9O2/c1-30-8-14(26-10-30)19-27-28-20(34-19)21(33)31-6-4-12-16(25-9-24-12)17(31)13-7-15-11(18(22)23)3-2-5-32(15)29-13/h2-3,5,7-10,17-18H,4,6H2,1H3,(H,24,25). The second-order valence-corrected chi connectivity index (χ2v) is 7.92. The van der Waals surface area contributed by atoms with E-state index >= 15 is 0 Å². The molecule has 6 heterocycles. The van der Waals surface area contributed by atoms with Gasteiger partial charge < -0.3 is 18.9 Å². The zero-order chi connectivity index (χ0) is 23.4. The van der Waals surface area contributed by atoms with Gasteiger partial charge in [0.15, 0.2) is 0 Å². The summed E-state index contributed by atoms with van der Waals surface area (Å²) >= 11 is 0. The summed E-state index contributed by atoms with van der Waals surface area (Å²) in [6.07, 6.45) is 4.26. The van der Waals surface area contributed by atoms with Crippen LogP contribution in [0.4, 0.5) is 8.78 Å². The molecule has 0 aliphatic carbocycles. The van der Waals surface area contributed by atoms with Crippen molar-refractivity contribution in [1.29, 1.82) is 0 Å². The molecule has 1 amide bonds. The molecule has 0 spiro atoms. The summed E-state index contributed by atoms with van der Waals surface area (Å²) < 4.78 is 35.8. The molecule has 1 aliphatic rings. The van der Waals surface area contributed by atoms with Crippen molar-refractivity contribution in [2.45, 2.75) is 18.9 Å². The fourth-order valence-electron chi connectivity index (χ4n) is 4.23. The van der Waals surface area contributed by atoms with Crippen molar-refractivity contribution in [2.24, 2.45) is 7.05 Å². The number of halogens is 2. The lowest BCUT2D eigenvalue weighted by atomic mass is 9.99. The maximum absolute atomic E-state index is 13.6. The lowest BCUT2D eigenvalue weighted by Crippen LogP contribution is -2.41. The number of carbonyl (C=O) groups excluding carboxylic acids is 1. The van der Waals surface area contributed by atoms with E-state index in [0.29, 0.717) is 30.0 Å². The molecule has 34 heavy (non-hydrogen) atoms. The van der Waals surface area contributed by atoms with Crippen LogP contribution < -0.4 is 0 Å². The van der Waals surface area contributed by atoms with Crippen LogP contribution in [0.15, 0.2) is 47.7 Å². The molecule has 0 bridgehead atoms. The number of hydrogen-bond acceptors (Lipinski definition) is 7. The van der Waals surface area contributed by atoms with Crippen molar-refractivity contribution < 1.29 is 18.0 Å². The molecule has 6 rings (SSSR count). The average molecular weight is 465 g/mol. The van der Waals surface area contributed by atoms with E-state index in [9.17, 15) is 13.6 Å². The number of aryl methyl sites for hydroxylation is 1. The van der Waals surface area contributed by atoms with Crippen LogP contribution in [0.2, 0.25) is 0 Å². The first-order valence-electron chi connectivity index (χ1n) is 10.4. The molecule has 0 saturated carbocycles. The third-order valence-corrected chi connectivity index (χ3v) is 5.79. The smallest absolute Gasteiger partial charge is 0.312 e. The number of carbonyl (C=O) groups is 1. The molecule has 1 N–H and O–H groups in total. The van der Waals surface area contributed by atoms with E-state index in [1.807, 2.05) is 0 Å². The quantitative estimate of drug-likeness (QED) is 0.433. The molecule has 1 atom stereocenters. The van der Waals surface area contributed by atoms with Gasteiger partial charge in [0, 0.05) is 43.7 Å². The molecular weight excluding hydrogens is 448 g/mol. The topological polar surface area (TPSA) is 123 Å². The van der Waals surface area contributed by atoms with Gasteiger partial charge in [-0.15, -0.1) is 10.2 Å². The van der Waals surface area contributed by atoms with Gasteiger partial charge in [0.05, 0.1) is 29.6 Å². The highest BCUT2D eigenvalue weighted by Crippen LogP contribution is 2.35. The lowest BCUT2D eigenvalue weighted by molar-refractivity contribution is 0.0646. The first-order valence-corrected chi connectivity index (χ1v) is 10.4. The van der Waals surface area contributed by atoms with Crippen LogP contribution in [0.25, 0.3) is 17.1 Å². The van der Waals surface area contributed by atoms with E-state index in [0.717, 1.165) is 5.69 Å². The van der Waals surface area contributed by atoms with Crippen LogP contribution in [-0.2, 0) is 13.5 Å². The molecular formula is C21H17F2N9O2. The normalized spacial score (nSPS) is 15.9. The molecule has 11 nitrogen and oxygen atoms in total. The summed E-state index contributed by atoms with van der Waals surface area (Å²) in [5.74, 6) is -0.603. The number of rotatable bonds is 4. The van der Waals surface area contributed by atoms with E-state index in [4.69, 9.17) is 4.42 Å². The molecule has 0 radical (unpaired) electrons. The highest BCUT2D eigenvalue weighted by molar-refractivity contribution is 5.90. The number of imidazole rings is 2. The van der Waals surface area contributed by atoms with Crippen molar-refractivity contribution in [2.75, 3.05) is 6.54 Å². The minimum Gasteiger partial charge on any atom is -0.411 e. The number of nitrogens with one attached hydrogen (secondary N) is 1. The van der Waals surface area contributed by atoms with E-state index < -0.39 is 18.4 Å². The van der Waals surface area contributed by atoms with Crippen molar-refractivity contribution in [1.82, 2.24) is 44.2 Å². The summed E-state index contributed by atoms with van der Waals surface area (Å²) in [7, 11) is 1.80. The Labute approximate surface area is 190 Å². The van der Waals surface area contributed by atoms with Gasteiger partial charge in [0.25, 0.3) is 12.3 Å². The number of hydrogen-bond donors (Lipinski definition) is 1. The Kier molecular flexibility index (Phi) is 4.50. The molecule has 172 valence electrons. The Morgan fingerprint density at radius 3 is 2.97 bits per heavy atom. The van der Waals surface area contributed by atoms with Crippen LogP contribution in [0.1, 0.15) is 45.8 Å². The van der Waals surface area contributed by atoms with Gasteiger partial charge in [-0.1, -0.05) is 0 Å². The zero-order valence-corrected chi connectivity index (χ0v) is 17.8. The third kappa shape index (κ3) is 3.16. The fraction of sp³-hybridized carbons (Fsp3) is 0.238. The number of amides is 1. The Morgan fingerprint density at radius 2 is 2.18 bits per heavy atom. The van der Waals surface area contributed by atoms with Crippen molar-refractivity contribution >= 4 is 11.4 Å². The Balaban J connectivity index is 1.41. The number of aromatic amines is 1. The number of nitrogens with zero attached hydrogens (tertiary/aromatic N) is 8. The average Bonchev–Trinajstić information content (AvgIpc) is 3.62. The maximum atomic E-state index is 13.6. The van der Waals surface area contributed by atoms with Crippen LogP contribution in [0, 0.1) is 0 Å². The van der Waals surface area contributed by atoms with E-state index in [1.54, 1.807) is 36.4 Å². The predicted octanol–water partition coefficient (Wildman–Crippen LogP) is 2.57. The maximum Gasteiger partial charge on any atom is 0.312 e. The highest BCUT2D eigenvalue weighted by Gasteiger charge is 2.38. The first kappa shape index (κ1) is 20.2. The van der Waals surface area contributed by atoms with Crippen LogP contribution in [0.5, 0.6) is 0 Å². The SMILES string of the molecule is Cn1cnc(-c2nnc(C(=O)N3CCc4[nH]cnc4C3c3cc4c(C(F)F)cccn4n3)o2)c1. The number of fused-ring (bicyclic) bond motifs is 2. The first-order chi connectivity index (χ1) is 16.5. The third-order valence-electron chi connectivity index (χ3n) is 5.79. The highest BCUT2D eigenvalue weighted by atomic mass is 19.3.